The second-order valence-electron chi connectivity index (χ2n) is 7.93. The molecule has 1 fully saturated rings. The van der Waals surface area contributed by atoms with Gasteiger partial charge in [-0.2, -0.15) is 0 Å². The van der Waals surface area contributed by atoms with E-state index in [1.807, 2.05) is 28.8 Å². The number of fused-ring (bicyclic) bond motifs is 1. The molecule has 0 saturated carbocycles. The number of nitrogens with one attached hydrogen (secondary N) is 1. The number of carboxylic acids is 1. The number of carboxylic acid groups (broad SMARTS) is 1. The van der Waals surface area contributed by atoms with E-state index in [2.05, 4.69) is 37.4 Å². The van der Waals surface area contributed by atoms with E-state index < -0.39 is 5.97 Å². The number of para-hydroxylation sites is 1. The Kier molecular flexibility index (Phi) is 5.69. The first kappa shape index (κ1) is 19.7. The van der Waals surface area contributed by atoms with Crippen molar-refractivity contribution >= 4 is 16.9 Å². The molecule has 4 rings (SSSR count). The molecule has 3 aromatic rings. The molecule has 5 nitrogen and oxygen atoms in total. The molecule has 1 aliphatic heterocycles. The lowest BCUT2D eigenvalue weighted by Gasteiger charge is -2.13. The number of benzene rings is 2. The van der Waals surface area contributed by atoms with Gasteiger partial charge in [0.25, 0.3) is 0 Å². The average molecular weight is 392 g/mol. The van der Waals surface area contributed by atoms with Crippen molar-refractivity contribution in [2.45, 2.75) is 45.9 Å². The van der Waals surface area contributed by atoms with Crippen molar-refractivity contribution in [3.63, 3.8) is 0 Å². The maximum Gasteiger partial charge on any atom is 0.352 e. The Labute approximate surface area is 171 Å². The summed E-state index contributed by atoms with van der Waals surface area (Å²) >= 11 is 0. The molecule has 29 heavy (non-hydrogen) atoms. The van der Waals surface area contributed by atoms with E-state index in [4.69, 9.17) is 4.74 Å². The summed E-state index contributed by atoms with van der Waals surface area (Å²) in [5, 5.41) is 14.5. The highest BCUT2D eigenvalue weighted by Crippen LogP contribution is 2.28. The van der Waals surface area contributed by atoms with Gasteiger partial charge in [-0.25, -0.2) is 4.79 Å². The number of rotatable bonds is 7. The third-order valence-corrected chi connectivity index (χ3v) is 5.81. The number of ether oxygens (including phenoxy) is 1. The molecule has 1 unspecified atom stereocenters. The molecule has 1 atom stereocenters. The summed E-state index contributed by atoms with van der Waals surface area (Å²) in [7, 11) is 0. The number of hydrogen-bond acceptors (Lipinski definition) is 3. The highest BCUT2D eigenvalue weighted by atomic mass is 16.5. The minimum Gasteiger partial charge on any atom is -0.477 e. The Morgan fingerprint density at radius 1 is 1.24 bits per heavy atom. The predicted octanol–water partition coefficient (Wildman–Crippen LogP) is 4.27. The molecule has 5 heteroatoms. The molecule has 2 heterocycles. The lowest BCUT2D eigenvalue weighted by atomic mass is 10.1. The number of aromatic carboxylic acids is 1. The van der Waals surface area contributed by atoms with Crippen LogP contribution in [0.1, 0.15) is 45.6 Å². The molecule has 152 valence electrons. The van der Waals surface area contributed by atoms with Crippen LogP contribution in [-0.2, 0) is 17.8 Å². The van der Waals surface area contributed by atoms with Gasteiger partial charge in [-0.15, -0.1) is 0 Å². The first-order valence-electron chi connectivity index (χ1n) is 10.3. The summed E-state index contributed by atoms with van der Waals surface area (Å²) in [5.41, 5.74) is 5.66. The molecular formula is C24H28N2O3. The summed E-state index contributed by atoms with van der Waals surface area (Å²) in [6, 6.07) is 14.3. The smallest absolute Gasteiger partial charge is 0.352 e. The van der Waals surface area contributed by atoms with Crippen molar-refractivity contribution in [3.8, 4) is 0 Å². The fourth-order valence-corrected chi connectivity index (χ4v) is 4.27. The van der Waals surface area contributed by atoms with Gasteiger partial charge in [0.1, 0.15) is 5.69 Å². The fraction of sp³-hybridized carbons (Fsp3) is 0.375. The number of nitrogens with zero attached hydrogens (tertiary/aromatic N) is 1. The monoisotopic (exact) mass is 392 g/mol. The van der Waals surface area contributed by atoms with Crippen molar-refractivity contribution in [2.75, 3.05) is 13.2 Å². The number of carbonyl (C=O) groups is 1. The van der Waals surface area contributed by atoms with Crippen molar-refractivity contribution in [3.05, 3.63) is 70.4 Å². The minimum atomic E-state index is -0.888. The molecule has 0 radical (unpaired) electrons. The third-order valence-electron chi connectivity index (χ3n) is 5.81. The van der Waals surface area contributed by atoms with E-state index in [1.54, 1.807) is 0 Å². The van der Waals surface area contributed by atoms with Crippen LogP contribution in [-0.4, -0.2) is 34.9 Å². The van der Waals surface area contributed by atoms with Gasteiger partial charge in [0.05, 0.1) is 6.10 Å². The molecule has 0 bridgehead atoms. The fourth-order valence-electron chi connectivity index (χ4n) is 4.27. The SMILES string of the molecule is Cc1ccc(C)c(Cn2c(C(=O)O)c(CNCC3CCCO3)c3ccccc32)c1. The lowest BCUT2D eigenvalue weighted by molar-refractivity contribution is 0.0684. The van der Waals surface area contributed by atoms with Crippen LogP contribution in [0.2, 0.25) is 0 Å². The second kappa shape index (κ2) is 8.39. The number of aryl methyl sites for hydroxylation is 2. The van der Waals surface area contributed by atoms with Crippen LogP contribution in [0.25, 0.3) is 10.9 Å². The molecule has 0 spiro atoms. The zero-order valence-corrected chi connectivity index (χ0v) is 17.1. The van der Waals surface area contributed by atoms with Crippen LogP contribution in [0.5, 0.6) is 0 Å². The Hall–Kier alpha value is -2.63. The van der Waals surface area contributed by atoms with Crippen molar-refractivity contribution < 1.29 is 14.6 Å². The van der Waals surface area contributed by atoms with Gasteiger partial charge < -0.3 is 19.7 Å². The quantitative estimate of drug-likeness (QED) is 0.630. The zero-order valence-electron chi connectivity index (χ0n) is 17.1. The topological polar surface area (TPSA) is 63.5 Å². The number of hydrogen-bond donors (Lipinski definition) is 2. The average Bonchev–Trinajstić information content (AvgIpc) is 3.32. The van der Waals surface area contributed by atoms with E-state index in [9.17, 15) is 9.90 Å². The Morgan fingerprint density at radius 3 is 2.83 bits per heavy atom. The summed E-state index contributed by atoms with van der Waals surface area (Å²) in [5.74, 6) is -0.888. The summed E-state index contributed by atoms with van der Waals surface area (Å²) in [6.07, 6.45) is 2.39. The molecule has 1 aliphatic rings. The zero-order chi connectivity index (χ0) is 20.4. The van der Waals surface area contributed by atoms with Crippen molar-refractivity contribution in [1.29, 1.82) is 0 Å². The first-order chi connectivity index (χ1) is 14.0. The molecule has 2 N–H and O–H groups in total. The van der Waals surface area contributed by atoms with Crippen LogP contribution in [0, 0.1) is 13.8 Å². The van der Waals surface area contributed by atoms with Gasteiger partial charge in [0, 0.05) is 42.7 Å². The minimum absolute atomic E-state index is 0.228. The molecule has 0 aliphatic carbocycles. The maximum absolute atomic E-state index is 12.3. The Bertz CT molecular complexity index is 1030. The second-order valence-corrected chi connectivity index (χ2v) is 7.93. The van der Waals surface area contributed by atoms with Gasteiger partial charge in [-0.3, -0.25) is 0 Å². The number of aromatic nitrogens is 1. The molecule has 1 saturated heterocycles. The van der Waals surface area contributed by atoms with Gasteiger partial charge in [-0.05, 0) is 43.9 Å². The van der Waals surface area contributed by atoms with Crippen LogP contribution in [0.15, 0.2) is 42.5 Å². The summed E-state index contributed by atoms with van der Waals surface area (Å²) in [6.45, 7) is 6.76. The largest absolute Gasteiger partial charge is 0.477 e. The molecule has 1 aromatic heterocycles. The van der Waals surface area contributed by atoms with Crippen LogP contribution in [0.3, 0.4) is 0 Å². The van der Waals surface area contributed by atoms with Gasteiger partial charge in [-0.1, -0.05) is 42.0 Å². The van der Waals surface area contributed by atoms with E-state index in [0.717, 1.165) is 48.0 Å². The molecule has 0 amide bonds. The van der Waals surface area contributed by atoms with Gasteiger partial charge in [0.15, 0.2) is 0 Å². The molecule has 2 aromatic carbocycles. The Morgan fingerprint density at radius 2 is 2.07 bits per heavy atom. The predicted molar refractivity (Wildman–Crippen MR) is 115 cm³/mol. The standard InChI is InChI=1S/C24H28N2O3/c1-16-9-10-17(2)18(12-16)15-26-22-8-4-3-7-20(22)21(23(26)24(27)28)14-25-13-19-6-5-11-29-19/h3-4,7-10,12,19,25H,5-6,11,13-15H2,1-2H3,(H,27,28). The molecular weight excluding hydrogens is 364 g/mol. The summed E-state index contributed by atoms with van der Waals surface area (Å²) < 4.78 is 7.63. The van der Waals surface area contributed by atoms with Crippen molar-refractivity contribution in [1.82, 2.24) is 9.88 Å². The maximum atomic E-state index is 12.3. The third kappa shape index (κ3) is 4.07. The highest BCUT2D eigenvalue weighted by molar-refractivity contribution is 5.98. The Balaban J connectivity index is 1.72. The highest BCUT2D eigenvalue weighted by Gasteiger charge is 2.23. The lowest BCUT2D eigenvalue weighted by Crippen LogP contribution is -2.26. The first-order valence-corrected chi connectivity index (χ1v) is 10.3. The van der Waals surface area contributed by atoms with E-state index in [0.29, 0.717) is 18.8 Å². The van der Waals surface area contributed by atoms with E-state index in [-0.39, 0.29) is 6.10 Å². The van der Waals surface area contributed by atoms with Crippen LogP contribution in [0.4, 0.5) is 0 Å². The van der Waals surface area contributed by atoms with Gasteiger partial charge in [0.2, 0.25) is 0 Å². The summed E-state index contributed by atoms with van der Waals surface area (Å²) in [4.78, 5) is 12.3. The van der Waals surface area contributed by atoms with Crippen molar-refractivity contribution in [2.24, 2.45) is 0 Å². The van der Waals surface area contributed by atoms with E-state index >= 15 is 0 Å². The van der Waals surface area contributed by atoms with Crippen LogP contribution >= 0.6 is 0 Å². The van der Waals surface area contributed by atoms with E-state index in [1.165, 1.54) is 11.1 Å². The normalized spacial score (nSPS) is 16.6. The van der Waals surface area contributed by atoms with Crippen LogP contribution < -0.4 is 5.32 Å². The van der Waals surface area contributed by atoms with Gasteiger partial charge >= 0.3 is 5.97 Å².